The van der Waals surface area contributed by atoms with Crippen LogP contribution >= 0.6 is 11.6 Å². The average molecular weight is 413 g/mol. The Bertz CT molecular complexity index is 998. The van der Waals surface area contributed by atoms with Gasteiger partial charge in [-0.05, 0) is 48.9 Å². The molecule has 2 amide bonds. The Balaban J connectivity index is 1.65. The first-order chi connectivity index (χ1) is 14.0. The summed E-state index contributed by atoms with van der Waals surface area (Å²) in [6, 6.07) is 14.2. The molecule has 0 spiro atoms. The van der Waals surface area contributed by atoms with Crippen molar-refractivity contribution in [2.75, 3.05) is 12.4 Å². The van der Waals surface area contributed by atoms with E-state index in [1.807, 2.05) is 19.1 Å². The lowest BCUT2D eigenvalue weighted by Gasteiger charge is -2.08. The maximum Gasteiger partial charge on any atom is 0.273 e. The molecule has 0 aliphatic carbocycles. The van der Waals surface area contributed by atoms with Crippen LogP contribution in [-0.2, 0) is 13.2 Å². The number of rotatable bonds is 7. The Hall–Kier alpha value is -3.32. The van der Waals surface area contributed by atoms with Crippen LogP contribution in [0.25, 0.3) is 0 Å². The number of halogens is 1. The van der Waals surface area contributed by atoms with E-state index < -0.39 is 0 Å². The van der Waals surface area contributed by atoms with Crippen molar-refractivity contribution in [2.24, 2.45) is 0 Å². The SMILES string of the molecule is CCn1cc(NC(=O)c2ccc(COc3ccc(Cl)cc3)cc2)c(C(=O)NC)n1. The highest BCUT2D eigenvalue weighted by Crippen LogP contribution is 2.18. The van der Waals surface area contributed by atoms with Crippen LogP contribution in [0, 0.1) is 0 Å². The number of ether oxygens (including phenoxy) is 1. The monoisotopic (exact) mass is 412 g/mol. The van der Waals surface area contributed by atoms with E-state index in [1.54, 1.807) is 47.3 Å². The van der Waals surface area contributed by atoms with Gasteiger partial charge in [-0.2, -0.15) is 5.10 Å². The second kappa shape index (κ2) is 9.25. The number of carbonyl (C=O) groups is 2. The molecule has 0 saturated carbocycles. The van der Waals surface area contributed by atoms with Crippen LogP contribution in [0.15, 0.2) is 54.7 Å². The number of nitrogens with zero attached hydrogens (tertiary/aromatic N) is 2. The second-order valence-corrected chi connectivity index (χ2v) is 6.66. The third-order valence-electron chi connectivity index (χ3n) is 4.21. The molecule has 150 valence electrons. The van der Waals surface area contributed by atoms with Crippen molar-refractivity contribution in [3.63, 3.8) is 0 Å². The van der Waals surface area contributed by atoms with Crippen molar-refractivity contribution in [3.8, 4) is 5.75 Å². The Morgan fingerprint density at radius 3 is 2.38 bits per heavy atom. The molecule has 0 aliphatic rings. The van der Waals surface area contributed by atoms with Crippen molar-refractivity contribution in [1.29, 1.82) is 0 Å². The average Bonchev–Trinajstić information content (AvgIpc) is 3.16. The molecular formula is C21H21ClN4O3. The van der Waals surface area contributed by atoms with Crippen LogP contribution in [0.2, 0.25) is 5.02 Å². The highest BCUT2D eigenvalue weighted by molar-refractivity contribution is 6.30. The summed E-state index contributed by atoms with van der Waals surface area (Å²) in [5.41, 5.74) is 1.93. The molecule has 0 atom stereocenters. The zero-order valence-corrected chi connectivity index (χ0v) is 16.9. The highest BCUT2D eigenvalue weighted by Gasteiger charge is 2.18. The minimum Gasteiger partial charge on any atom is -0.489 e. The summed E-state index contributed by atoms with van der Waals surface area (Å²) in [5.74, 6) is 0.0315. The number of aromatic nitrogens is 2. The number of anilines is 1. The molecular weight excluding hydrogens is 392 g/mol. The van der Waals surface area contributed by atoms with E-state index in [-0.39, 0.29) is 17.5 Å². The van der Waals surface area contributed by atoms with Crippen LogP contribution in [0.5, 0.6) is 5.75 Å². The molecule has 8 heteroatoms. The van der Waals surface area contributed by atoms with E-state index >= 15 is 0 Å². The summed E-state index contributed by atoms with van der Waals surface area (Å²) >= 11 is 5.86. The third kappa shape index (κ3) is 5.14. The topological polar surface area (TPSA) is 85.2 Å². The summed E-state index contributed by atoms with van der Waals surface area (Å²) in [6.07, 6.45) is 1.64. The highest BCUT2D eigenvalue weighted by atomic mass is 35.5. The first kappa shape index (κ1) is 20.4. The van der Waals surface area contributed by atoms with E-state index in [0.717, 1.165) is 5.56 Å². The quantitative estimate of drug-likeness (QED) is 0.619. The van der Waals surface area contributed by atoms with E-state index in [0.29, 0.717) is 35.2 Å². The predicted molar refractivity (Wildman–Crippen MR) is 111 cm³/mol. The predicted octanol–water partition coefficient (Wildman–Crippen LogP) is 3.75. The number of hydrogen-bond donors (Lipinski definition) is 2. The van der Waals surface area contributed by atoms with Crippen molar-refractivity contribution in [2.45, 2.75) is 20.1 Å². The van der Waals surface area contributed by atoms with Gasteiger partial charge in [0.1, 0.15) is 12.4 Å². The minimum atomic E-state index is -0.359. The van der Waals surface area contributed by atoms with Gasteiger partial charge in [0.25, 0.3) is 11.8 Å². The maximum atomic E-state index is 12.6. The number of aryl methyl sites for hydroxylation is 1. The van der Waals surface area contributed by atoms with Crippen LogP contribution in [0.1, 0.15) is 33.3 Å². The lowest BCUT2D eigenvalue weighted by atomic mass is 10.1. The number of carbonyl (C=O) groups excluding carboxylic acids is 2. The Morgan fingerprint density at radius 1 is 1.07 bits per heavy atom. The third-order valence-corrected chi connectivity index (χ3v) is 4.46. The summed E-state index contributed by atoms with van der Waals surface area (Å²) in [5, 5.41) is 10.1. The van der Waals surface area contributed by atoms with Gasteiger partial charge in [0.05, 0.1) is 5.69 Å². The minimum absolute atomic E-state index is 0.177. The molecule has 1 heterocycles. The van der Waals surface area contributed by atoms with Gasteiger partial charge < -0.3 is 15.4 Å². The molecule has 0 fully saturated rings. The normalized spacial score (nSPS) is 10.4. The Labute approximate surface area is 173 Å². The summed E-state index contributed by atoms with van der Waals surface area (Å²) < 4.78 is 7.29. The van der Waals surface area contributed by atoms with Gasteiger partial charge >= 0.3 is 0 Å². The zero-order valence-electron chi connectivity index (χ0n) is 16.1. The summed E-state index contributed by atoms with van der Waals surface area (Å²) in [7, 11) is 1.52. The fourth-order valence-electron chi connectivity index (χ4n) is 2.61. The van der Waals surface area contributed by atoms with Crippen LogP contribution < -0.4 is 15.4 Å². The summed E-state index contributed by atoms with van der Waals surface area (Å²) in [4.78, 5) is 24.5. The molecule has 0 radical (unpaired) electrons. The first-order valence-corrected chi connectivity index (χ1v) is 9.46. The fourth-order valence-corrected chi connectivity index (χ4v) is 2.73. The van der Waals surface area contributed by atoms with Gasteiger partial charge in [-0.25, -0.2) is 0 Å². The van der Waals surface area contributed by atoms with Crippen LogP contribution in [0.3, 0.4) is 0 Å². The van der Waals surface area contributed by atoms with Crippen molar-refractivity contribution in [1.82, 2.24) is 15.1 Å². The first-order valence-electron chi connectivity index (χ1n) is 9.08. The van der Waals surface area contributed by atoms with Crippen molar-refractivity contribution in [3.05, 3.63) is 76.6 Å². The molecule has 3 aromatic rings. The molecule has 3 rings (SSSR count). The standard InChI is InChI=1S/C21H21ClN4O3/c1-3-26-12-18(19(25-26)21(28)23-2)24-20(27)15-6-4-14(5-7-15)13-29-17-10-8-16(22)9-11-17/h4-12H,3,13H2,1-2H3,(H,23,28)(H,24,27). The fraction of sp³-hybridized carbons (Fsp3) is 0.190. The lowest BCUT2D eigenvalue weighted by molar-refractivity contribution is 0.0958. The zero-order chi connectivity index (χ0) is 20.8. The molecule has 29 heavy (non-hydrogen) atoms. The number of nitrogens with one attached hydrogen (secondary N) is 2. The molecule has 2 N–H and O–H groups in total. The van der Waals surface area contributed by atoms with Gasteiger partial charge in [0.2, 0.25) is 0 Å². The molecule has 1 aromatic heterocycles. The largest absolute Gasteiger partial charge is 0.489 e. The Kier molecular flexibility index (Phi) is 6.51. The molecule has 0 aliphatic heterocycles. The van der Waals surface area contributed by atoms with Gasteiger partial charge in [0.15, 0.2) is 5.69 Å². The lowest BCUT2D eigenvalue weighted by Crippen LogP contribution is -2.21. The van der Waals surface area contributed by atoms with E-state index in [9.17, 15) is 9.59 Å². The van der Waals surface area contributed by atoms with E-state index in [1.165, 1.54) is 7.05 Å². The second-order valence-electron chi connectivity index (χ2n) is 6.22. The van der Waals surface area contributed by atoms with Crippen LogP contribution in [-0.4, -0.2) is 28.6 Å². The van der Waals surface area contributed by atoms with Crippen LogP contribution in [0.4, 0.5) is 5.69 Å². The molecule has 0 bridgehead atoms. The van der Waals surface area contributed by atoms with E-state index in [2.05, 4.69) is 15.7 Å². The number of hydrogen-bond acceptors (Lipinski definition) is 4. The molecule has 7 nitrogen and oxygen atoms in total. The van der Waals surface area contributed by atoms with E-state index in [4.69, 9.17) is 16.3 Å². The smallest absolute Gasteiger partial charge is 0.273 e. The van der Waals surface area contributed by atoms with Gasteiger partial charge in [-0.1, -0.05) is 23.7 Å². The van der Waals surface area contributed by atoms with Crippen molar-refractivity contribution < 1.29 is 14.3 Å². The number of amides is 2. The maximum absolute atomic E-state index is 12.6. The van der Waals surface area contributed by atoms with Crippen molar-refractivity contribution >= 4 is 29.1 Å². The summed E-state index contributed by atoms with van der Waals surface area (Å²) in [6.45, 7) is 2.85. The molecule has 2 aromatic carbocycles. The molecule has 0 saturated heterocycles. The van der Waals surface area contributed by atoms with Gasteiger partial charge in [0, 0.05) is 30.4 Å². The van der Waals surface area contributed by atoms with Gasteiger partial charge in [-0.3, -0.25) is 14.3 Å². The number of benzene rings is 2. The van der Waals surface area contributed by atoms with Gasteiger partial charge in [-0.15, -0.1) is 0 Å². The Morgan fingerprint density at radius 2 is 1.76 bits per heavy atom. The molecule has 0 unspecified atom stereocenters.